The van der Waals surface area contributed by atoms with Crippen molar-refractivity contribution in [3.8, 4) is 16.9 Å². The van der Waals surface area contributed by atoms with E-state index in [0.29, 0.717) is 17.7 Å². The molecule has 0 unspecified atom stereocenters. The van der Waals surface area contributed by atoms with E-state index in [4.69, 9.17) is 0 Å². The summed E-state index contributed by atoms with van der Waals surface area (Å²) >= 11 is 0. The van der Waals surface area contributed by atoms with Gasteiger partial charge in [0, 0.05) is 12.1 Å². The number of benzene rings is 2. The molecule has 0 amide bonds. The Kier molecular flexibility index (Phi) is 4.47. The van der Waals surface area contributed by atoms with Gasteiger partial charge in [0.2, 0.25) is 0 Å². The predicted molar refractivity (Wildman–Crippen MR) is 71.3 cm³/mol. The van der Waals surface area contributed by atoms with Gasteiger partial charge in [-0.2, -0.15) is 0 Å². The van der Waals surface area contributed by atoms with Gasteiger partial charge in [-0.1, -0.05) is 24.3 Å². The molecule has 0 aromatic heterocycles. The molecule has 0 aliphatic heterocycles. The molecule has 0 spiro atoms. The van der Waals surface area contributed by atoms with Gasteiger partial charge in [0.1, 0.15) is 11.6 Å². The molecule has 1 N–H and O–H groups in total. The highest BCUT2D eigenvalue weighted by Gasteiger charge is 2.32. The summed E-state index contributed by atoms with van der Waals surface area (Å²) in [4.78, 5) is 0. The third-order valence-corrected chi connectivity index (χ3v) is 2.84. The molecule has 0 radical (unpaired) electrons. The average Bonchev–Trinajstić information content (AvgIpc) is 2.39. The monoisotopic (exact) mass is 299 g/mol. The molecule has 0 saturated carbocycles. The molecule has 0 aliphatic rings. The SMILES string of the molecule is CNCc1cc(F)ccc1-c1ccccc1OC(F)(F)F. The first-order valence-corrected chi connectivity index (χ1v) is 6.19. The van der Waals surface area contributed by atoms with Gasteiger partial charge in [-0.3, -0.25) is 0 Å². The van der Waals surface area contributed by atoms with E-state index in [2.05, 4.69) is 10.1 Å². The zero-order chi connectivity index (χ0) is 15.5. The van der Waals surface area contributed by atoms with Crippen molar-refractivity contribution < 1.29 is 22.3 Å². The minimum atomic E-state index is -4.78. The molecule has 2 rings (SSSR count). The Hall–Kier alpha value is -2.08. The maximum absolute atomic E-state index is 13.3. The normalized spacial score (nSPS) is 11.5. The lowest BCUT2D eigenvalue weighted by Gasteiger charge is -2.15. The van der Waals surface area contributed by atoms with E-state index in [0.717, 1.165) is 0 Å². The molecular weight excluding hydrogens is 286 g/mol. The molecule has 0 fully saturated rings. The van der Waals surface area contributed by atoms with Crippen molar-refractivity contribution >= 4 is 0 Å². The number of para-hydroxylation sites is 1. The highest BCUT2D eigenvalue weighted by molar-refractivity contribution is 5.73. The number of rotatable bonds is 4. The molecule has 0 bridgehead atoms. The van der Waals surface area contributed by atoms with Gasteiger partial charge in [0.05, 0.1) is 0 Å². The second kappa shape index (κ2) is 6.13. The van der Waals surface area contributed by atoms with Crippen LogP contribution in [0, 0.1) is 5.82 Å². The van der Waals surface area contributed by atoms with Crippen molar-refractivity contribution in [2.75, 3.05) is 7.05 Å². The fraction of sp³-hybridized carbons (Fsp3) is 0.200. The van der Waals surface area contributed by atoms with Crippen LogP contribution in [-0.2, 0) is 6.54 Å². The Balaban J connectivity index is 2.51. The van der Waals surface area contributed by atoms with Gasteiger partial charge in [0.15, 0.2) is 0 Å². The van der Waals surface area contributed by atoms with Crippen LogP contribution in [0.3, 0.4) is 0 Å². The Morgan fingerprint density at radius 2 is 1.76 bits per heavy atom. The molecule has 21 heavy (non-hydrogen) atoms. The van der Waals surface area contributed by atoms with Gasteiger partial charge in [-0.05, 0) is 36.4 Å². The van der Waals surface area contributed by atoms with Crippen LogP contribution in [0.25, 0.3) is 11.1 Å². The maximum atomic E-state index is 13.3. The number of ether oxygens (including phenoxy) is 1. The molecule has 0 saturated heterocycles. The lowest BCUT2D eigenvalue weighted by atomic mass is 9.98. The summed E-state index contributed by atoms with van der Waals surface area (Å²) in [6.07, 6.45) is -4.78. The van der Waals surface area contributed by atoms with Crippen molar-refractivity contribution in [3.05, 3.63) is 53.8 Å². The van der Waals surface area contributed by atoms with E-state index in [1.165, 1.54) is 36.4 Å². The van der Waals surface area contributed by atoms with Crippen molar-refractivity contribution in [3.63, 3.8) is 0 Å². The third-order valence-electron chi connectivity index (χ3n) is 2.84. The molecule has 0 aliphatic carbocycles. The number of hydrogen-bond donors (Lipinski definition) is 1. The minimum Gasteiger partial charge on any atom is -0.405 e. The smallest absolute Gasteiger partial charge is 0.405 e. The zero-order valence-corrected chi connectivity index (χ0v) is 11.2. The lowest BCUT2D eigenvalue weighted by molar-refractivity contribution is -0.274. The molecule has 2 aromatic carbocycles. The van der Waals surface area contributed by atoms with Crippen LogP contribution >= 0.6 is 0 Å². The Bertz CT molecular complexity index is 625. The molecule has 112 valence electrons. The number of hydrogen-bond acceptors (Lipinski definition) is 2. The Labute approximate surface area is 119 Å². The van der Waals surface area contributed by atoms with Crippen LogP contribution in [0.4, 0.5) is 17.6 Å². The topological polar surface area (TPSA) is 21.3 Å². The first-order chi connectivity index (χ1) is 9.90. The summed E-state index contributed by atoms with van der Waals surface area (Å²) in [6, 6.07) is 9.73. The van der Waals surface area contributed by atoms with Crippen molar-refractivity contribution in [1.82, 2.24) is 5.32 Å². The molecule has 2 nitrogen and oxygen atoms in total. The zero-order valence-electron chi connectivity index (χ0n) is 11.2. The maximum Gasteiger partial charge on any atom is 0.573 e. The molecule has 0 atom stereocenters. The fourth-order valence-electron chi connectivity index (χ4n) is 2.06. The number of alkyl halides is 3. The van der Waals surface area contributed by atoms with Gasteiger partial charge in [-0.15, -0.1) is 13.2 Å². The fourth-order valence-corrected chi connectivity index (χ4v) is 2.06. The summed E-state index contributed by atoms with van der Waals surface area (Å²) in [5, 5.41) is 2.86. The quantitative estimate of drug-likeness (QED) is 0.858. The summed E-state index contributed by atoms with van der Waals surface area (Å²) in [7, 11) is 1.67. The summed E-state index contributed by atoms with van der Waals surface area (Å²) in [5.41, 5.74) is 1.31. The Morgan fingerprint density at radius 1 is 1.05 bits per heavy atom. The highest BCUT2D eigenvalue weighted by atomic mass is 19.4. The second-order valence-corrected chi connectivity index (χ2v) is 4.38. The van der Waals surface area contributed by atoms with Crippen molar-refractivity contribution in [1.29, 1.82) is 0 Å². The average molecular weight is 299 g/mol. The largest absolute Gasteiger partial charge is 0.573 e. The molecule has 6 heteroatoms. The second-order valence-electron chi connectivity index (χ2n) is 4.38. The van der Waals surface area contributed by atoms with Gasteiger partial charge in [0.25, 0.3) is 0 Å². The molecule has 0 heterocycles. The van der Waals surface area contributed by atoms with Crippen LogP contribution in [0.5, 0.6) is 5.75 Å². The summed E-state index contributed by atoms with van der Waals surface area (Å²) in [5.74, 6) is -0.757. The van der Waals surface area contributed by atoms with E-state index in [1.807, 2.05) is 0 Å². The van der Waals surface area contributed by atoms with Crippen LogP contribution in [0.15, 0.2) is 42.5 Å². The first kappa shape index (κ1) is 15.3. The first-order valence-electron chi connectivity index (χ1n) is 6.19. The van der Waals surface area contributed by atoms with Gasteiger partial charge in [-0.25, -0.2) is 4.39 Å². The highest BCUT2D eigenvalue weighted by Crippen LogP contribution is 2.35. The van der Waals surface area contributed by atoms with Gasteiger partial charge < -0.3 is 10.1 Å². The summed E-state index contributed by atoms with van der Waals surface area (Å²) in [6.45, 7) is 0.327. The van der Waals surface area contributed by atoms with Crippen molar-refractivity contribution in [2.24, 2.45) is 0 Å². The van der Waals surface area contributed by atoms with Crippen LogP contribution in [0.1, 0.15) is 5.56 Å². The molecular formula is C15H13F4NO. The van der Waals surface area contributed by atoms with Crippen LogP contribution in [0.2, 0.25) is 0 Å². The molecule has 2 aromatic rings. The lowest BCUT2D eigenvalue weighted by Crippen LogP contribution is -2.17. The number of halogens is 4. The van der Waals surface area contributed by atoms with Gasteiger partial charge >= 0.3 is 6.36 Å². The number of nitrogens with one attached hydrogen (secondary N) is 1. The third kappa shape index (κ3) is 3.95. The van der Waals surface area contributed by atoms with E-state index in [9.17, 15) is 17.6 Å². The van der Waals surface area contributed by atoms with E-state index in [-0.39, 0.29) is 11.3 Å². The van der Waals surface area contributed by atoms with E-state index < -0.39 is 12.2 Å². The van der Waals surface area contributed by atoms with Crippen molar-refractivity contribution in [2.45, 2.75) is 12.9 Å². The van der Waals surface area contributed by atoms with E-state index in [1.54, 1.807) is 13.1 Å². The minimum absolute atomic E-state index is 0.264. The van der Waals surface area contributed by atoms with Crippen LogP contribution < -0.4 is 10.1 Å². The predicted octanol–water partition coefficient (Wildman–Crippen LogP) is 4.11. The Morgan fingerprint density at radius 3 is 2.43 bits per heavy atom. The van der Waals surface area contributed by atoms with E-state index >= 15 is 0 Å². The van der Waals surface area contributed by atoms with Crippen LogP contribution in [-0.4, -0.2) is 13.4 Å². The standard InChI is InChI=1S/C15H13F4NO/c1-20-9-10-8-11(16)6-7-12(10)13-4-2-3-5-14(13)21-15(17,18)19/h2-8,20H,9H2,1H3. The summed E-state index contributed by atoms with van der Waals surface area (Å²) < 4.78 is 54.7.